The Labute approximate surface area is 149 Å². The summed E-state index contributed by atoms with van der Waals surface area (Å²) in [6.45, 7) is 0.512. The highest BCUT2D eigenvalue weighted by Gasteiger charge is 2.31. The van der Waals surface area contributed by atoms with Crippen molar-refractivity contribution in [1.29, 1.82) is 0 Å². The monoisotopic (exact) mass is 383 g/mol. The first-order valence-electron chi connectivity index (χ1n) is 7.99. The van der Waals surface area contributed by atoms with Gasteiger partial charge in [-0.3, -0.25) is 4.79 Å². The van der Waals surface area contributed by atoms with Crippen molar-refractivity contribution in [3.8, 4) is 0 Å². The summed E-state index contributed by atoms with van der Waals surface area (Å²) in [5, 5.41) is 0. The zero-order chi connectivity index (χ0) is 18.9. The molecule has 26 heavy (non-hydrogen) atoms. The SMILES string of the molecule is O=C(c1ccc(S(=O)(=O)C(F)F)cc1)N1CCCC1c1ccc(F)cc1. The van der Waals surface area contributed by atoms with Crippen LogP contribution in [0.1, 0.15) is 34.8 Å². The van der Waals surface area contributed by atoms with Crippen LogP contribution >= 0.6 is 0 Å². The maximum atomic E-state index is 13.1. The van der Waals surface area contributed by atoms with Crippen molar-refractivity contribution in [1.82, 2.24) is 4.90 Å². The Morgan fingerprint density at radius 1 is 1.04 bits per heavy atom. The van der Waals surface area contributed by atoms with Crippen LogP contribution in [0.4, 0.5) is 13.2 Å². The highest BCUT2D eigenvalue weighted by atomic mass is 32.2. The third-order valence-corrected chi connectivity index (χ3v) is 5.83. The first-order valence-corrected chi connectivity index (χ1v) is 9.54. The van der Waals surface area contributed by atoms with Gasteiger partial charge in [-0.25, -0.2) is 12.8 Å². The smallest absolute Gasteiger partial charge is 0.332 e. The van der Waals surface area contributed by atoms with Crippen molar-refractivity contribution in [2.24, 2.45) is 0 Å². The average Bonchev–Trinajstić information content (AvgIpc) is 3.11. The average molecular weight is 383 g/mol. The van der Waals surface area contributed by atoms with Crippen molar-refractivity contribution in [3.63, 3.8) is 0 Å². The number of nitrogens with zero attached hydrogens (tertiary/aromatic N) is 1. The predicted octanol–water partition coefficient (Wildman–Crippen LogP) is 3.80. The second-order valence-corrected chi connectivity index (χ2v) is 7.96. The number of carbonyl (C=O) groups excluding carboxylic acids is 1. The number of alkyl halides is 2. The molecule has 3 rings (SSSR count). The molecule has 1 fully saturated rings. The van der Waals surface area contributed by atoms with Crippen LogP contribution in [0.15, 0.2) is 53.4 Å². The number of benzene rings is 2. The van der Waals surface area contributed by atoms with E-state index in [1.165, 1.54) is 24.3 Å². The minimum absolute atomic E-state index is 0.201. The Morgan fingerprint density at radius 3 is 2.23 bits per heavy atom. The molecule has 0 radical (unpaired) electrons. The summed E-state index contributed by atoms with van der Waals surface area (Å²) in [6, 6.07) is 10.2. The fraction of sp³-hybridized carbons (Fsp3) is 0.278. The summed E-state index contributed by atoms with van der Waals surface area (Å²) in [4.78, 5) is 13.8. The topological polar surface area (TPSA) is 54.5 Å². The summed E-state index contributed by atoms with van der Waals surface area (Å²) in [7, 11) is -4.69. The molecule has 1 saturated heterocycles. The van der Waals surface area contributed by atoms with Crippen LogP contribution in [0.3, 0.4) is 0 Å². The molecule has 2 aromatic carbocycles. The Bertz CT molecular complexity index is 896. The van der Waals surface area contributed by atoms with Gasteiger partial charge < -0.3 is 4.90 Å². The van der Waals surface area contributed by atoms with Crippen LogP contribution in [0.2, 0.25) is 0 Å². The van der Waals surface area contributed by atoms with E-state index in [2.05, 4.69) is 0 Å². The largest absolute Gasteiger partial charge is 0.341 e. The molecule has 2 aromatic rings. The highest BCUT2D eigenvalue weighted by Crippen LogP contribution is 2.33. The van der Waals surface area contributed by atoms with E-state index in [9.17, 15) is 26.4 Å². The third kappa shape index (κ3) is 3.46. The van der Waals surface area contributed by atoms with Crippen LogP contribution in [0.5, 0.6) is 0 Å². The molecule has 1 heterocycles. The minimum atomic E-state index is -4.69. The van der Waals surface area contributed by atoms with E-state index < -0.39 is 20.5 Å². The molecule has 1 amide bonds. The number of rotatable bonds is 4. The van der Waals surface area contributed by atoms with Crippen LogP contribution in [-0.4, -0.2) is 31.5 Å². The van der Waals surface area contributed by atoms with E-state index in [0.717, 1.165) is 30.5 Å². The fourth-order valence-corrected chi connectivity index (χ4v) is 3.82. The van der Waals surface area contributed by atoms with Crippen molar-refractivity contribution < 1.29 is 26.4 Å². The second-order valence-electron chi connectivity index (χ2n) is 6.04. The maximum Gasteiger partial charge on any atom is 0.341 e. The van der Waals surface area contributed by atoms with Gasteiger partial charge in [0.2, 0.25) is 9.84 Å². The molecule has 1 unspecified atom stereocenters. The lowest BCUT2D eigenvalue weighted by Crippen LogP contribution is -2.30. The number of carbonyl (C=O) groups is 1. The molecule has 8 heteroatoms. The molecule has 1 aliphatic heterocycles. The lowest BCUT2D eigenvalue weighted by Gasteiger charge is -2.25. The Kier molecular flexibility index (Phi) is 5.04. The van der Waals surface area contributed by atoms with E-state index in [4.69, 9.17) is 0 Å². The van der Waals surface area contributed by atoms with Gasteiger partial charge in [-0.05, 0) is 54.8 Å². The van der Waals surface area contributed by atoms with Crippen LogP contribution in [0, 0.1) is 5.82 Å². The van der Waals surface area contributed by atoms with Crippen LogP contribution in [-0.2, 0) is 9.84 Å². The molecule has 0 spiro atoms. The number of likely N-dealkylation sites (tertiary alicyclic amines) is 1. The quantitative estimate of drug-likeness (QED) is 0.807. The molecular formula is C18H16F3NO3S. The number of hydrogen-bond acceptors (Lipinski definition) is 3. The highest BCUT2D eigenvalue weighted by molar-refractivity contribution is 7.91. The van der Waals surface area contributed by atoms with Gasteiger partial charge in [0.1, 0.15) is 5.82 Å². The maximum absolute atomic E-state index is 13.1. The number of hydrogen-bond donors (Lipinski definition) is 0. The molecule has 4 nitrogen and oxygen atoms in total. The van der Waals surface area contributed by atoms with Crippen molar-refractivity contribution in [2.45, 2.75) is 29.5 Å². The molecular weight excluding hydrogens is 367 g/mol. The molecule has 0 N–H and O–H groups in total. The Balaban J connectivity index is 1.83. The fourth-order valence-electron chi connectivity index (χ4n) is 3.10. The molecule has 1 atom stereocenters. The molecule has 0 aromatic heterocycles. The van der Waals surface area contributed by atoms with Gasteiger partial charge in [0.05, 0.1) is 10.9 Å². The van der Waals surface area contributed by atoms with E-state index >= 15 is 0 Å². The molecule has 0 bridgehead atoms. The van der Waals surface area contributed by atoms with E-state index in [1.54, 1.807) is 17.0 Å². The predicted molar refractivity (Wildman–Crippen MR) is 89.0 cm³/mol. The van der Waals surface area contributed by atoms with Crippen molar-refractivity contribution >= 4 is 15.7 Å². The Morgan fingerprint density at radius 2 is 1.65 bits per heavy atom. The van der Waals surface area contributed by atoms with Gasteiger partial charge in [-0.2, -0.15) is 8.78 Å². The lowest BCUT2D eigenvalue weighted by molar-refractivity contribution is 0.0735. The number of sulfone groups is 1. The van der Waals surface area contributed by atoms with Gasteiger partial charge in [-0.15, -0.1) is 0 Å². The lowest BCUT2D eigenvalue weighted by atomic mass is 10.0. The molecule has 138 valence electrons. The van der Waals surface area contributed by atoms with E-state index in [-0.39, 0.29) is 23.3 Å². The van der Waals surface area contributed by atoms with Gasteiger partial charge in [0.25, 0.3) is 5.91 Å². The van der Waals surface area contributed by atoms with Gasteiger partial charge in [-0.1, -0.05) is 12.1 Å². The Hall–Kier alpha value is -2.35. The summed E-state index contributed by atoms with van der Waals surface area (Å²) in [6.07, 6.45) is 1.51. The van der Waals surface area contributed by atoms with E-state index in [0.29, 0.717) is 6.54 Å². The summed E-state index contributed by atoms with van der Waals surface area (Å²) >= 11 is 0. The number of amides is 1. The standard InChI is InChI=1S/C18H16F3NO3S/c19-14-7-3-12(4-8-14)16-2-1-11-22(16)17(23)13-5-9-15(10-6-13)26(24,25)18(20)21/h3-10,16,18H,1-2,11H2. The van der Waals surface area contributed by atoms with E-state index in [1.807, 2.05) is 0 Å². The molecule has 0 aliphatic carbocycles. The van der Waals surface area contributed by atoms with Gasteiger partial charge in [0.15, 0.2) is 0 Å². The first kappa shape index (κ1) is 18.4. The summed E-state index contributed by atoms with van der Waals surface area (Å²) in [5.41, 5.74) is 1.03. The number of halogens is 3. The molecule has 0 saturated carbocycles. The van der Waals surface area contributed by atoms with Crippen molar-refractivity contribution in [2.75, 3.05) is 6.54 Å². The minimum Gasteiger partial charge on any atom is -0.332 e. The van der Waals surface area contributed by atoms with Gasteiger partial charge >= 0.3 is 5.76 Å². The zero-order valence-corrected chi connectivity index (χ0v) is 14.4. The second kappa shape index (κ2) is 7.11. The molecule has 1 aliphatic rings. The summed E-state index contributed by atoms with van der Waals surface area (Å²) in [5.74, 6) is -4.19. The summed E-state index contributed by atoms with van der Waals surface area (Å²) < 4.78 is 61.2. The first-order chi connectivity index (χ1) is 12.3. The van der Waals surface area contributed by atoms with Gasteiger partial charge in [0, 0.05) is 12.1 Å². The van der Waals surface area contributed by atoms with Crippen LogP contribution in [0.25, 0.3) is 0 Å². The zero-order valence-electron chi connectivity index (χ0n) is 13.6. The normalized spacial score (nSPS) is 17.7. The third-order valence-electron chi connectivity index (χ3n) is 4.43. The van der Waals surface area contributed by atoms with Crippen LogP contribution < -0.4 is 0 Å². The van der Waals surface area contributed by atoms with Crippen molar-refractivity contribution in [3.05, 3.63) is 65.5 Å².